The van der Waals surface area contributed by atoms with Crippen LogP contribution >= 0.6 is 0 Å². The third kappa shape index (κ3) is 1.66. The molecule has 0 bridgehead atoms. The Kier molecular flexibility index (Phi) is 2.64. The quantitative estimate of drug-likeness (QED) is 0.760. The van der Waals surface area contributed by atoms with Gasteiger partial charge in [0.2, 0.25) is 0 Å². The average molecular weight is 223 g/mol. The topological polar surface area (TPSA) is 86.3 Å². The fraction of sp³-hybridized carbons (Fsp3) is 0.500. The molecular formula is C10H13N3O3. The Morgan fingerprint density at radius 2 is 2.38 bits per heavy atom. The first-order chi connectivity index (χ1) is 7.61. The number of aromatic amines is 1. The Hall–Kier alpha value is -1.85. The number of nitrogens with zero attached hydrogens (tertiary/aromatic N) is 2. The summed E-state index contributed by atoms with van der Waals surface area (Å²) >= 11 is 0. The van der Waals surface area contributed by atoms with Crippen molar-refractivity contribution in [2.45, 2.75) is 25.8 Å². The second-order valence-corrected chi connectivity index (χ2v) is 3.90. The summed E-state index contributed by atoms with van der Waals surface area (Å²) in [6.07, 6.45) is 2.70. The number of carbonyl (C=O) groups excluding carboxylic acids is 1. The van der Waals surface area contributed by atoms with Crippen molar-refractivity contribution in [3.8, 4) is 0 Å². The van der Waals surface area contributed by atoms with E-state index >= 15 is 0 Å². The van der Waals surface area contributed by atoms with Crippen molar-refractivity contribution >= 4 is 11.9 Å². The maximum Gasteiger partial charge on any atom is 0.326 e. The molecule has 2 rings (SSSR count). The molecule has 0 saturated carbocycles. The Labute approximate surface area is 92.3 Å². The number of hydrogen-bond acceptors (Lipinski definition) is 3. The summed E-state index contributed by atoms with van der Waals surface area (Å²) in [6, 6.07) is -0.693. The van der Waals surface area contributed by atoms with Gasteiger partial charge < -0.3 is 10.0 Å². The van der Waals surface area contributed by atoms with Crippen LogP contribution in [0.1, 0.15) is 28.9 Å². The zero-order valence-corrected chi connectivity index (χ0v) is 8.93. The largest absolute Gasteiger partial charge is 0.480 e. The van der Waals surface area contributed by atoms with Gasteiger partial charge in [-0.05, 0) is 19.8 Å². The number of carboxylic acids is 1. The lowest BCUT2D eigenvalue weighted by Crippen LogP contribution is -2.40. The van der Waals surface area contributed by atoms with Gasteiger partial charge >= 0.3 is 5.97 Å². The van der Waals surface area contributed by atoms with Gasteiger partial charge in [0, 0.05) is 12.2 Å². The normalized spacial score (nSPS) is 20.1. The molecule has 1 aromatic rings. The van der Waals surface area contributed by atoms with E-state index in [9.17, 15) is 9.59 Å². The van der Waals surface area contributed by atoms with Gasteiger partial charge in [-0.25, -0.2) is 4.79 Å². The van der Waals surface area contributed by atoms with Crippen molar-refractivity contribution in [1.29, 1.82) is 0 Å². The third-order valence-electron chi connectivity index (χ3n) is 2.86. The van der Waals surface area contributed by atoms with E-state index in [0.717, 1.165) is 6.42 Å². The van der Waals surface area contributed by atoms with E-state index in [1.165, 1.54) is 11.1 Å². The molecule has 1 saturated heterocycles. The van der Waals surface area contributed by atoms with Crippen LogP contribution in [0.2, 0.25) is 0 Å². The van der Waals surface area contributed by atoms with E-state index in [1.54, 1.807) is 6.92 Å². The first-order valence-electron chi connectivity index (χ1n) is 5.15. The van der Waals surface area contributed by atoms with Crippen molar-refractivity contribution in [3.63, 3.8) is 0 Å². The maximum absolute atomic E-state index is 12.0. The van der Waals surface area contributed by atoms with E-state index in [4.69, 9.17) is 5.11 Å². The minimum atomic E-state index is -0.938. The van der Waals surface area contributed by atoms with Crippen LogP contribution in [-0.4, -0.2) is 44.7 Å². The van der Waals surface area contributed by atoms with E-state index < -0.39 is 12.0 Å². The highest BCUT2D eigenvalue weighted by atomic mass is 16.4. The van der Waals surface area contributed by atoms with Gasteiger partial charge in [-0.2, -0.15) is 5.10 Å². The van der Waals surface area contributed by atoms with E-state index in [-0.39, 0.29) is 5.91 Å². The molecule has 0 spiro atoms. The Balaban J connectivity index is 2.22. The van der Waals surface area contributed by atoms with Crippen LogP contribution < -0.4 is 0 Å². The molecule has 0 radical (unpaired) electrons. The molecule has 0 aliphatic carbocycles. The van der Waals surface area contributed by atoms with Gasteiger partial charge in [-0.3, -0.25) is 9.89 Å². The molecule has 6 nitrogen and oxygen atoms in total. The van der Waals surface area contributed by atoms with Crippen molar-refractivity contribution < 1.29 is 14.7 Å². The molecule has 2 heterocycles. The molecule has 0 aromatic carbocycles. The number of likely N-dealkylation sites (tertiary alicyclic amines) is 1. The minimum Gasteiger partial charge on any atom is -0.480 e. The average Bonchev–Trinajstić information content (AvgIpc) is 2.84. The summed E-state index contributed by atoms with van der Waals surface area (Å²) in [5.74, 6) is -1.19. The molecule has 1 aliphatic rings. The second-order valence-electron chi connectivity index (χ2n) is 3.90. The standard InChI is InChI=1S/C10H13N3O3/c1-6-7(5-11-12-6)9(14)13-4-2-3-8(13)10(15)16/h5,8H,2-4H2,1H3,(H,11,12)(H,15,16)/t8-/m1/s1. The third-order valence-corrected chi connectivity index (χ3v) is 2.86. The predicted octanol–water partition coefficient (Wildman–Crippen LogP) is 0.407. The van der Waals surface area contributed by atoms with Gasteiger partial charge in [-0.1, -0.05) is 0 Å². The molecule has 1 atom stereocenters. The van der Waals surface area contributed by atoms with Crippen molar-refractivity contribution in [2.24, 2.45) is 0 Å². The lowest BCUT2D eigenvalue weighted by molar-refractivity contribution is -0.141. The van der Waals surface area contributed by atoms with Gasteiger partial charge in [0.15, 0.2) is 0 Å². The number of aliphatic carboxylic acids is 1. The number of hydrogen-bond donors (Lipinski definition) is 2. The SMILES string of the molecule is Cc1[nH]ncc1C(=O)N1CCC[C@@H]1C(=O)O. The maximum atomic E-state index is 12.0. The van der Waals surface area contributed by atoms with Crippen LogP contribution in [0, 0.1) is 6.92 Å². The van der Waals surface area contributed by atoms with Crippen LogP contribution in [0.5, 0.6) is 0 Å². The fourth-order valence-electron chi connectivity index (χ4n) is 1.99. The monoisotopic (exact) mass is 223 g/mol. The van der Waals surface area contributed by atoms with Gasteiger partial charge in [0.05, 0.1) is 11.8 Å². The molecular weight excluding hydrogens is 210 g/mol. The molecule has 1 amide bonds. The number of rotatable bonds is 2. The van der Waals surface area contributed by atoms with E-state index in [0.29, 0.717) is 24.2 Å². The van der Waals surface area contributed by atoms with Crippen molar-refractivity contribution in [2.75, 3.05) is 6.54 Å². The number of aryl methyl sites for hydroxylation is 1. The number of carbonyl (C=O) groups is 2. The summed E-state index contributed by atoms with van der Waals surface area (Å²) in [5.41, 5.74) is 1.12. The van der Waals surface area contributed by atoms with Crippen LogP contribution in [0.4, 0.5) is 0 Å². The molecule has 1 aromatic heterocycles. The van der Waals surface area contributed by atoms with E-state index in [1.807, 2.05) is 0 Å². The zero-order chi connectivity index (χ0) is 11.7. The zero-order valence-electron chi connectivity index (χ0n) is 8.93. The summed E-state index contributed by atoms with van der Waals surface area (Å²) in [5, 5.41) is 15.4. The summed E-state index contributed by atoms with van der Waals surface area (Å²) in [4.78, 5) is 24.4. The Morgan fingerprint density at radius 3 is 2.94 bits per heavy atom. The van der Waals surface area contributed by atoms with Gasteiger partial charge in [0.25, 0.3) is 5.91 Å². The summed E-state index contributed by atoms with van der Waals surface area (Å²) in [6.45, 7) is 2.24. The molecule has 0 unspecified atom stereocenters. The number of carboxylic acid groups (broad SMARTS) is 1. The van der Waals surface area contributed by atoms with Crippen LogP contribution in [-0.2, 0) is 4.79 Å². The van der Waals surface area contributed by atoms with Crippen molar-refractivity contribution in [1.82, 2.24) is 15.1 Å². The Bertz CT molecular complexity index is 427. The highest BCUT2D eigenvalue weighted by Crippen LogP contribution is 2.20. The number of amides is 1. The molecule has 1 aliphatic heterocycles. The number of aromatic nitrogens is 2. The molecule has 86 valence electrons. The van der Waals surface area contributed by atoms with Crippen LogP contribution in [0.15, 0.2) is 6.20 Å². The highest BCUT2D eigenvalue weighted by Gasteiger charge is 2.35. The molecule has 2 N–H and O–H groups in total. The van der Waals surface area contributed by atoms with Gasteiger partial charge in [0.1, 0.15) is 6.04 Å². The van der Waals surface area contributed by atoms with E-state index in [2.05, 4.69) is 10.2 Å². The molecule has 1 fully saturated rings. The summed E-state index contributed by atoms with van der Waals surface area (Å²) < 4.78 is 0. The first kappa shape index (κ1) is 10.7. The van der Waals surface area contributed by atoms with Crippen LogP contribution in [0.3, 0.4) is 0 Å². The second kappa shape index (κ2) is 3.96. The highest BCUT2D eigenvalue weighted by molar-refractivity contribution is 5.97. The van der Waals surface area contributed by atoms with Crippen molar-refractivity contribution in [3.05, 3.63) is 17.5 Å². The Morgan fingerprint density at radius 1 is 1.62 bits per heavy atom. The minimum absolute atomic E-state index is 0.254. The summed E-state index contributed by atoms with van der Waals surface area (Å²) in [7, 11) is 0. The number of H-pyrrole nitrogens is 1. The molecule has 6 heteroatoms. The number of nitrogens with one attached hydrogen (secondary N) is 1. The first-order valence-corrected chi connectivity index (χ1v) is 5.15. The lowest BCUT2D eigenvalue weighted by atomic mass is 10.2. The van der Waals surface area contributed by atoms with Crippen LogP contribution in [0.25, 0.3) is 0 Å². The fourth-order valence-corrected chi connectivity index (χ4v) is 1.99. The smallest absolute Gasteiger partial charge is 0.326 e. The molecule has 16 heavy (non-hydrogen) atoms. The predicted molar refractivity (Wildman–Crippen MR) is 55.0 cm³/mol. The lowest BCUT2D eigenvalue weighted by Gasteiger charge is -2.20. The van der Waals surface area contributed by atoms with Gasteiger partial charge in [-0.15, -0.1) is 0 Å².